The van der Waals surface area contributed by atoms with Crippen LogP contribution in [0.3, 0.4) is 0 Å². The van der Waals surface area contributed by atoms with Crippen LogP contribution >= 0.6 is 0 Å². The normalized spacial score (nSPS) is 48.6. The van der Waals surface area contributed by atoms with Gasteiger partial charge in [0.25, 0.3) is 0 Å². The van der Waals surface area contributed by atoms with E-state index in [-0.39, 0.29) is 57.9 Å². The van der Waals surface area contributed by atoms with E-state index in [9.17, 15) is 20.1 Å². The van der Waals surface area contributed by atoms with Crippen molar-refractivity contribution >= 4 is 5.91 Å². The van der Waals surface area contributed by atoms with Crippen molar-refractivity contribution in [2.24, 2.45) is 57.2 Å². The number of nitrogens with zero attached hydrogens (tertiary/aromatic N) is 1. The van der Waals surface area contributed by atoms with Gasteiger partial charge in [-0.3, -0.25) is 4.79 Å². The summed E-state index contributed by atoms with van der Waals surface area (Å²) in [6, 6.07) is 0. The summed E-state index contributed by atoms with van der Waals surface area (Å²) in [7, 11) is 0. The molecule has 0 spiro atoms. The van der Waals surface area contributed by atoms with E-state index in [1.54, 1.807) is 13.8 Å². The Labute approximate surface area is 301 Å². The molecule has 0 aromatic rings. The summed E-state index contributed by atoms with van der Waals surface area (Å²) in [6.07, 6.45) is 6.96. The lowest BCUT2D eigenvalue weighted by molar-refractivity contribution is -0.262. The Kier molecular flexibility index (Phi) is 9.90. The first-order valence-electron chi connectivity index (χ1n) is 20.3. The molecule has 4 saturated carbocycles. The summed E-state index contributed by atoms with van der Waals surface area (Å²) >= 11 is 0. The number of fused-ring (bicyclic) bond motifs is 7. The zero-order valence-electron chi connectivity index (χ0n) is 32.4. The maximum Gasteiger partial charge on any atom is 0.223 e. The molecule has 286 valence electrons. The van der Waals surface area contributed by atoms with Crippen molar-refractivity contribution < 1.29 is 39.1 Å². The van der Waals surface area contributed by atoms with E-state index in [0.29, 0.717) is 56.2 Å². The molecule has 3 aliphatic heterocycles. The molecule has 3 heterocycles. The number of hydrogen-bond acceptors (Lipinski definition) is 8. The first-order chi connectivity index (χ1) is 23.4. The third-order valence-corrected chi connectivity index (χ3v) is 16.7. The predicted molar refractivity (Wildman–Crippen MR) is 190 cm³/mol. The van der Waals surface area contributed by atoms with E-state index in [1.165, 1.54) is 6.42 Å². The predicted octanol–water partition coefficient (Wildman–Crippen LogP) is 5.56. The summed E-state index contributed by atoms with van der Waals surface area (Å²) in [4.78, 5) is 15.2. The van der Waals surface area contributed by atoms with Crippen LogP contribution in [0.2, 0.25) is 0 Å². The van der Waals surface area contributed by atoms with E-state index in [4.69, 9.17) is 18.9 Å². The lowest BCUT2D eigenvalue weighted by atomic mass is 9.37. The van der Waals surface area contributed by atoms with Crippen molar-refractivity contribution in [1.29, 1.82) is 0 Å². The van der Waals surface area contributed by atoms with Gasteiger partial charge in [0, 0.05) is 31.6 Å². The van der Waals surface area contributed by atoms with Crippen molar-refractivity contribution in [3.05, 3.63) is 0 Å². The molecule has 14 atom stereocenters. The van der Waals surface area contributed by atoms with Crippen molar-refractivity contribution in [3.8, 4) is 0 Å². The minimum Gasteiger partial charge on any atom is -0.390 e. The standard InChI is InChI=1S/C41H69NO8/c1-24-21-28(35(44)38(4,5)46)49-34-33(24)40(7)16-11-26-27(41(40,8)36(34)45)9-10-29-37(2,3)30(12-15-39(26,29)6)50-32-23-42(17-20-48-32)31(43)22-25-13-18-47-19-14-25/h24-30,32-36,44-46H,9-23H2,1-8H3/t24-,26?,27?,28?,29+,30?,32?,33?,34?,35?,36+,39?,40?,41-/m1/s1. The molecule has 10 unspecified atom stereocenters. The third-order valence-electron chi connectivity index (χ3n) is 16.7. The van der Waals surface area contributed by atoms with Gasteiger partial charge in [0.1, 0.15) is 6.10 Å². The van der Waals surface area contributed by atoms with Crippen LogP contribution in [0.25, 0.3) is 0 Å². The summed E-state index contributed by atoms with van der Waals surface area (Å²) in [5.41, 5.74) is -1.55. The second kappa shape index (κ2) is 13.2. The molecule has 0 radical (unpaired) electrons. The largest absolute Gasteiger partial charge is 0.390 e. The van der Waals surface area contributed by atoms with Gasteiger partial charge in [0.05, 0.1) is 43.2 Å². The molecular weight excluding hydrogens is 634 g/mol. The molecule has 50 heavy (non-hydrogen) atoms. The van der Waals surface area contributed by atoms with Crippen LogP contribution in [-0.2, 0) is 23.7 Å². The van der Waals surface area contributed by atoms with Crippen LogP contribution in [0.4, 0.5) is 0 Å². The molecule has 0 aromatic heterocycles. The zero-order chi connectivity index (χ0) is 36.0. The van der Waals surface area contributed by atoms with Gasteiger partial charge >= 0.3 is 0 Å². The number of hydrogen-bond donors (Lipinski definition) is 3. The molecule has 0 bridgehead atoms. The Morgan fingerprint density at radius 1 is 0.980 bits per heavy atom. The van der Waals surface area contributed by atoms with Gasteiger partial charge in [-0.25, -0.2) is 0 Å². The quantitative estimate of drug-likeness (QED) is 0.329. The molecule has 0 aromatic carbocycles. The Morgan fingerprint density at radius 3 is 2.40 bits per heavy atom. The number of ether oxygens (including phenoxy) is 4. The molecule has 1 amide bonds. The Bertz CT molecular complexity index is 1250. The molecule has 7 rings (SSSR count). The van der Waals surface area contributed by atoms with Gasteiger partial charge in [-0.2, -0.15) is 0 Å². The molecule has 3 N–H and O–H groups in total. The molecule has 3 saturated heterocycles. The highest BCUT2D eigenvalue weighted by molar-refractivity contribution is 5.76. The van der Waals surface area contributed by atoms with Gasteiger partial charge < -0.3 is 39.2 Å². The van der Waals surface area contributed by atoms with E-state index in [0.717, 1.165) is 58.2 Å². The van der Waals surface area contributed by atoms with Crippen molar-refractivity contribution in [2.75, 3.05) is 32.9 Å². The summed E-state index contributed by atoms with van der Waals surface area (Å²) in [5.74, 6) is 2.52. The number of morpholine rings is 1. The van der Waals surface area contributed by atoms with Gasteiger partial charge in [0.2, 0.25) is 5.91 Å². The van der Waals surface area contributed by atoms with Crippen LogP contribution in [0.1, 0.15) is 120 Å². The van der Waals surface area contributed by atoms with Crippen molar-refractivity contribution in [2.45, 2.75) is 162 Å². The second-order valence-corrected chi connectivity index (χ2v) is 19.9. The first kappa shape index (κ1) is 37.5. The number of aliphatic hydroxyl groups excluding tert-OH is 2. The summed E-state index contributed by atoms with van der Waals surface area (Å²) in [5, 5.41) is 34.1. The maximum atomic E-state index is 13.3. The van der Waals surface area contributed by atoms with Gasteiger partial charge in [0.15, 0.2) is 6.29 Å². The van der Waals surface area contributed by atoms with Crippen molar-refractivity contribution in [1.82, 2.24) is 4.90 Å². The van der Waals surface area contributed by atoms with Crippen LogP contribution in [0, 0.1) is 57.2 Å². The van der Waals surface area contributed by atoms with Crippen LogP contribution in [0.15, 0.2) is 0 Å². The molecular formula is C41H69NO8. The fourth-order valence-corrected chi connectivity index (χ4v) is 13.8. The number of amides is 1. The second-order valence-electron chi connectivity index (χ2n) is 19.9. The van der Waals surface area contributed by atoms with Gasteiger partial charge in [-0.15, -0.1) is 0 Å². The zero-order valence-corrected chi connectivity index (χ0v) is 32.4. The molecule has 4 aliphatic carbocycles. The number of carbonyl (C=O) groups excluding carboxylic acids is 1. The average Bonchev–Trinajstić information content (AvgIpc) is 3.24. The topological polar surface area (TPSA) is 118 Å². The maximum absolute atomic E-state index is 13.3. The summed E-state index contributed by atoms with van der Waals surface area (Å²) < 4.78 is 25.2. The fraction of sp³-hybridized carbons (Fsp3) is 0.976. The molecule has 7 fully saturated rings. The molecule has 7 aliphatic rings. The minimum atomic E-state index is -1.26. The number of aliphatic hydroxyl groups is 3. The van der Waals surface area contributed by atoms with Crippen LogP contribution in [0.5, 0.6) is 0 Å². The highest BCUT2D eigenvalue weighted by Crippen LogP contribution is 2.75. The number of carbonyl (C=O) groups is 1. The van der Waals surface area contributed by atoms with Crippen LogP contribution < -0.4 is 0 Å². The Morgan fingerprint density at radius 2 is 1.70 bits per heavy atom. The average molecular weight is 704 g/mol. The number of rotatable bonds is 6. The molecule has 9 nitrogen and oxygen atoms in total. The lowest BCUT2D eigenvalue weighted by Crippen LogP contribution is -2.63. The van der Waals surface area contributed by atoms with E-state index in [1.807, 2.05) is 4.90 Å². The highest BCUT2D eigenvalue weighted by atomic mass is 16.7. The monoisotopic (exact) mass is 704 g/mol. The van der Waals surface area contributed by atoms with E-state index < -0.39 is 23.9 Å². The Hall–Kier alpha value is -0.810. The summed E-state index contributed by atoms with van der Waals surface area (Å²) in [6.45, 7) is 20.9. The minimum absolute atomic E-state index is 0.0578. The SMILES string of the molecule is C[C@@H]1CC(C(O)C(C)(C)O)OC2C1C1(C)CCC3C(CC[C@H]4C(C)(C)C(OC5CN(C(=O)CC6CCOCC6)CCO5)CCC34C)[C@]1(C)[C@H]2O. The highest BCUT2D eigenvalue weighted by Gasteiger charge is 2.74. The van der Waals surface area contributed by atoms with E-state index >= 15 is 0 Å². The Balaban J connectivity index is 1.05. The fourth-order valence-electron chi connectivity index (χ4n) is 13.8. The van der Waals surface area contributed by atoms with Gasteiger partial charge in [-0.1, -0.05) is 41.5 Å². The van der Waals surface area contributed by atoms with Gasteiger partial charge in [-0.05, 0) is 123 Å². The lowest BCUT2D eigenvalue weighted by Gasteiger charge is -2.68. The molecule has 9 heteroatoms. The first-order valence-corrected chi connectivity index (χ1v) is 20.3. The van der Waals surface area contributed by atoms with Crippen molar-refractivity contribution in [3.63, 3.8) is 0 Å². The smallest absolute Gasteiger partial charge is 0.223 e. The third kappa shape index (κ3) is 5.85. The van der Waals surface area contributed by atoms with E-state index in [2.05, 4.69) is 41.5 Å². The van der Waals surface area contributed by atoms with Crippen LogP contribution in [-0.4, -0.2) is 101 Å².